The van der Waals surface area contributed by atoms with Gasteiger partial charge in [0.25, 0.3) is 0 Å². The summed E-state index contributed by atoms with van der Waals surface area (Å²) >= 11 is 1.78. The number of nitrogens with zero attached hydrogens (tertiary/aromatic N) is 1. The Bertz CT molecular complexity index is 882. The maximum atomic E-state index is 12.7. The number of fused-ring (bicyclic) bond motifs is 2. The van der Waals surface area contributed by atoms with Gasteiger partial charge in [0, 0.05) is 21.6 Å². The molecule has 0 radical (unpaired) electrons. The van der Waals surface area contributed by atoms with Crippen LogP contribution in [0.2, 0.25) is 0 Å². The number of rotatable bonds is 4. The summed E-state index contributed by atoms with van der Waals surface area (Å²) in [5.74, 6) is 1.83. The number of unbranched alkanes of at least 4 members (excludes halogenated alkanes) is 1. The first-order valence-corrected chi connectivity index (χ1v) is 8.49. The van der Waals surface area contributed by atoms with Crippen LogP contribution in [0.4, 0.5) is 0 Å². The molecule has 2 aromatic carbocycles. The first kappa shape index (κ1) is 13.6. The third-order valence-electron chi connectivity index (χ3n) is 4.01. The summed E-state index contributed by atoms with van der Waals surface area (Å²) in [7, 11) is 0. The molecule has 1 aliphatic carbocycles. The van der Waals surface area contributed by atoms with E-state index in [1.807, 2.05) is 36.4 Å². The highest BCUT2D eigenvalue weighted by atomic mass is 32.2. The molecule has 1 heterocycles. The van der Waals surface area contributed by atoms with E-state index in [1.165, 1.54) is 12.8 Å². The third-order valence-corrected chi connectivity index (χ3v) is 5.15. The van der Waals surface area contributed by atoms with Crippen LogP contribution in [0.1, 0.15) is 35.7 Å². The lowest BCUT2D eigenvalue weighted by molar-refractivity contribution is 0.103. The number of hydrogen-bond donors (Lipinski definition) is 0. The lowest BCUT2D eigenvalue weighted by atomic mass is 9.88. The molecule has 0 saturated heterocycles. The number of carbonyl (C=O) groups is 1. The van der Waals surface area contributed by atoms with E-state index >= 15 is 0 Å². The topological polar surface area (TPSA) is 43.1 Å². The van der Waals surface area contributed by atoms with Crippen molar-refractivity contribution in [3.05, 3.63) is 47.5 Å². The zero-order chi connectivity index (χ0) is 15.1. The van der Waals surface area contributed by atoms with Gasteiger partial charge < -0.3 is 4.52 Å². The number of hydrogen-bond acceptors (Lipinski definition) is 4. The molecular weight excluding hydrogens is 294 g/mol. The SMILES string of the molecule is CCCCSc1ccc2c3c(onc13)-c1ccccc1C2=O. The van der Waals surface area contributed by atoms with E-state index in [2.05, 4.69) is 12.1 Å². The smallest absolute Gasteiger partial charge is 0.194 e. The lowest BCUT2D eigenvalue weighted by Crippen LogP contribution is -2.08. The molecule has 22 heavy (non-hydrogen) atoms. The first-order valence-electron chi connectivity index (χ1n) is 7.50. The van der Waals surface area contributed by atoms with Gasteiger partial charge in [-0.15, -0.1) is 11.8 Å². The zero-order valence-electron chi connectivity index (χ0n) is 12.3. The fourth-order valence-corrected chi connectivity index (χ4v) is 3.96. The minimum atomic E-state index is 0.0569. The summed E-state index contributed by atoms with van der Waals surface area (Å²) in [5, 5.41) is 5.12. The highest BCUT2D eigenvalue weighted by molar-refractivity contribution is 7.99. The molecule has 0 saturated carbocycles. The molecule has 0 atom stereocenters. The fourth-order valence-electron chi connectivity index (χ4n) is 2.87. The van der Waals surface area contributed by atoms with Gasteiger partial charge in [-0.05, 0) is 24.3 Å². The molecule has 0 aliphatic heterocycles. The summed E-state index contributed by atoms with van der Waals surface area (Å²) in [5.41, 5.74) is 3.05. The number of thioether (sulfide) groups is 1. The molecule has 3 nitrogen and oxygen atoms in total. The third kappa shape index (κ3) is 1.91. The molecule has 4 heteroatoms. The summed E-state index contributed by atoms with van der Waals surface area (Å²) in [6.07, 6.45) is 2.34. The second-order valence-corrected chi connectivity index (χ2v) is 6.56. The quantitative estimate of drug-likeness (QED) is 0.396. The van der Waals surface area contributed by atoms with Crippen molar-refractivity contribution >= 4 is 28.4 Å². The molecule has 3 aromatic rings. The molecule has 110 valence electrons. The number of aromatic nitrogens is 1. The van der Waals surface area contributed by atoms with Crippen LogP contribution in [0.15, 0.2) is 45.8 Å². The number of benzene rings is 2. The van der Waals surface area contributed by atoms with E-state index in [4.69, 9.17) is 4.52 Å². The molecule has 0 N–H and O–H groups in total. The first-order chi connectivity index (χ1) is 10.8. The van der Waals surface area contributed by atoms with Crippen LogP contribution >= 0.6 is 11.8 Å². The summed E-state index contributed by atoms with van der Waals surface area (Å²) in [4.78, 5) is 13.8. The van der Waals surface area contributed by atoms with E-state index in [9.17, 15) is 4.79 Å². The van der Waals surface area contributed by atoms with Crippen LogP contribution in [0.25, 0.3) is 22.2 Å². The predicted octanol–water partition coefficient (Wildman–Crippen LogP) is 4.93. The van der Waals surface area contributed by atoms with Gasteiger partial charge in [-0.25, -0.2) is 0 Å². The van der Waals surface area contributed by atoms with Gasteiger partial charge in [0.15, 0.2) is 11.5 Å². The summed E-state index contributed by atoms with van der Waals surface area (Å²) < 4.78 is 5.60. The van der Waals surface area contributed by atoms with Crippen molar-refractivity contribution in [2.45, 2.75) is 24.7 Å². The highest BCUT2D eigenvalue weighted by Crippen LogP contribution is 2.42. The summed E-state index contributed by atoms with van der Waals surface area (Å²) in [6, 6.07) is 11.5. The van der Waals surface area contributed by atoms with Crippen molar-refractivity contribution in [3.8, 4) is 11.3 Å². The Morgan fingerprint density at radius 3 is 2.73 bits per heavy atom. The molecular formula is C18H15NO2S. The Hall–Kier alpha value is -2.07. The van der Waals surface area contributed by atoms with Gasteiger partial charge >= 0.3 is 0 Å². The van der Waals surface area contributed by atoms with E-state index in [0.29, 0.717) is 11.1 Å². The van der Waals surface area contributed by atoms with Crippen molar-refractivity contribution in [3.63, 3.8) is 0 Å². The zero-order valence-corrected chi connectivity index (χ0v) is 13.1. The van der Waals surface area contributed by atoms with Gasteiger partial charge in [-0.2, -0.15) is 0 Å². The maximum absolute atomic E-state index is 12.7. The Morgan fingerprint density at radius 2 is 1.91 bits per heavy atom. The second-order valence-electron chi connectivity index (χ2n) is 5.42. The maximum Gasteiger partial charge on any atom is 0.194 e. The van der Waals surface area contributed by atoms with Crippen LogP contribution in [0.3, 0.4) is 0 Å². The minimum absolute atomic E-state index is 0.0569. The number of carbonyl (C=O) groups excluding carboxylic acids is 1. The molecule has 0 bridgehead atoms. The molecule has 1 aliphatic rings. The molecule has 0 amide bonds. The van der Waals surface area contributed by atoms with Crippen molar-refractivity contribution in [1.82, 2.24) is 5.16 Å². The van der Waals surface area contributed by atoms with E-state index < -0.39 is 0 Å². The van der Waals surface area contributed by atoms with Gasteiger partial charge in [-0.3, -0.25) is 4.79 Å². The van der Waals surface area contributed by atoms with Gasteiger partial charge in [0.05, 0.1) is 5.39 Å². The van der Waals surface area contributed by atoms with Gasteiger partial charge in [-0.1, -0.05) is 42.8 Å². The van der Waals surface area contributed by atoms with Crippen LogP contribution in [-0.4, -0.2) is 16.7 Å². The van der Waals surface area contributed by atoms with Crippen LogP contribution in [0.5, 0.6) is 0 Å². The van der Waals surface area contributed by atoms with Crippen LogP contribution in [-0.2, 0) is 0 Å². The highest BCUT2D eigenvalue weighted by Gasteiger charge is 2.29. The monoisotopic (exact) mass is 309 g/mol. The van der Waals surface area contributed by atoms with Crippen molar-refractivity contribution in [1.29, 1.82) is 0 Å². The number of ketones is 1. The molecule has 0 spiro atoms. The Morgan fingerprint density at radius 1 is 1.09 bits per heavy atom. The largest absolute Gasteiger partial charge is 0.355 e. The van der Waals surface area contributed by atoms with Crippen molar-refractivity contribution in [2.75, 3.05) is 5.75 Å². The van der Waals surface area contributed by atoms with Crippen molar-refractivity contribution < 1.29 is 9.32 Å². The Balaban J connectivity index is 1.91. The molecule has 4 rings (SSSR count). The lowest BCUT2D eigenvalue weighted by Gasteiger charge is -2.14. The second kappa shape index (κ2) is 5.29. The summed E-state index contributed by atoms with van der Waals surface area (Å²) in [6.45, 7) is 2.18. The Kier molecular flexibility index (Phi) is 3.26. The average molecular weight is 309 g/mol. The van der Waals surface area contributed by atoms with Gasteiger partial charge in [0.2, 0.25) is 0 Å². The average Bonchev–Trinajstić information content (AvgIpc) is 2.99. The standard InChI is InChI=1S/C18H15NO2S/c1-2-3-10-22-14-9-8-13-15-16(14)19-21-18(15)12-7-5-4-6-11(12)17(13)20/h4-9H,2-3,10H2,1H3. The van der Waals surface area contributed by atoms with E-state index in [0.717, 1.165) is 32.9 Å². The predicted molar refractivity (Wildman–Crippen MR) is 88.5 cm³/mol. The molecule has 0 unspecified atom stereocenters. The van der Waals surface area contributed by atoms with E-state index in [1.54, 1.807) is 11.8 Å². The Labute approximate surface area is 132 Å². The van der Waals surface area contributed by atoms with E-state index in [-0.39, 0.29) is 5.78 Å². The van der Waals surface area contributed by atoms with Crippen molar-refractivity contribution in [2.24, 2.45) is 0 Å². The minimum Gasteiger partial charge on any atom is -0.355 e. The van der Waals surface area contributed by atoms with Gasteiger partial charge in [0.1, 0.15) is 5.52 Å². The van der Waals surface area contributed by atoms with Crippen LogP contribution in [0, 0.1) is 0 Å². The fraction of sp³-hybridized carbons (Fsp3) is 0.222. The van der Waals surface area contributed by atoms with Crippen LogP contribution < -0.4 is 0 Å². The molecule has 1 aromatic heterocycles. The normalized spacial score (nSPS) is 12.7. The molecule has 0 fully saturated rings.